The number of rotatable bonds is 7. The van der Waals surface area contributed by atoms with Gasteiger partial charge in [-0.3, -0.25) is 9.46 Å². The van der Waals surface area contributed by atoms with Crippen LogP contribution in [0.15, 0.2) is 11.4 Å². The Hall–Kier alpha value is -1.37. The SMILES string of the molecule is CCOC(=O)C1CC(/C(=C\C(CC)CC)P(=O)(O)O)CCN1C(=O)OC(C)(C)C. The second-order valence-corrected chi connectivity index (χ2v) is 9.98. The van der Waals surface area contributed by atoms with Gasteiger partial charge in [0.15, 0.2) is 0 Å². The summed E-state index contributed by atoms with van der Waals surface area (Å²) in [6, 6.07) is -0.944. The molecule has 0 aromatic rings. The predicted molar refractivity (Wildman–Crippen MR) is 110 cm³/mol. The number of esters is 1. The summed E-state index contributed by atoms with van der Waals surface area (Å²) in [7, 11) is -4.50. The lowest BCUT2D eigenvalue weighted by Gasteiger charge is -2.39. The number of carbonyl (C=O) groups excluding carboxylic acids is 2. The molecule has 9 heteroatoms. The van der Waals surface area contributed by atoms with Gasteiger partial charge >= 0.3 is 19.7 Å². The van der Waals surface area contributed by atoms with Crippen LogP contribution in [0.1, 0.15) is 67.2 Å². The molecule has 1 amide bonds. The first-order chi connectivity index (χ1) is 13.3. The lowest BCUT2D eigenvalue weighted by Crippen LogP contribution is -2.52. The van der Waals surface area contributed by atoms with E-state index in [0.29, 0.717) is 6.42 Å². The zero-order chi connectivity index (χ0) is 22.4. The third-order valence-electron chi connectivity index (χ3n) is 5.00. The number of likely N-dealkylation sites (tertiary alicyclic amines) is 1. The highest BCUT2D eigenvalue weighted by molar-refractivity contribution is 7.56. The van der Waals surface area contributed by atoms with E-state index in [1.807, 2.05) is 13.8 Å². The normalized spacial score (nSPS) is 21.3. The first kappa shape index (κ1) is 25.7. The molecule has 0 aliphatic carbocycles. The average molecular weight is 433 g/mol. The molecule has 168 valence electrons. The summed E-state index contributed by atoms with van der Waals surface area (Å²) < 4.78 is 22.7. The number of ether oxygens (including phenoxy) is 2. The third kappa shape index (κ3) is 7.76. The van der Waals surface area contributed by atoms with Gasteiger partial charge in [0.2, 0.25) is 0 Å². The van der Waals surface area contributed by atoms with Crippen molar-refractivity contribution in [2.24, 2.45) is 11.8 Å². The molecule has 0 saturated carbocycles. The Labute approximate surface area is 173 Å². The van der Waals surface area contributed by atoms with Gasteiger partial charge in [-0.15, -0.1) is 0 Å². The largest absolute Gasteiger partial charge is 0.464 e. The van der Waals surface area contributed by atoms with E-state index in [1.54, 1.807) is 33.8 Å². The van der Waals surface area contributed by atoms with Gasteiger partial charge in [-0.1, -0.05) is 19.9 Å². The van der Waals surface area contributed by atoms with Crippen LogP contribution in [0.25, 0.3) is 0 Å². The van der Waals surface area contributed by atoms with E-state index in [1.165, 1.54) is 4.90 Å². The molecule has 0 aromatic heterocycles. The van der Waals surface area contributed by atoms with E-state index in [9.17, 15) is 23.9 Å². The van der Waals surface area contributed by atoms with E-state index in [4.69, 9.17) is 9.47 Å². The first-order valence-electron chi connectivity index (χ1n) is 10.3. The van der Waals surface area contributed by atoms with Crippen molar-refractivity contribution in [3.8, 4) is 0 Å². The number of hydrogen-bond acceptors (Lipinski definition) is 5. The third-order valence-corrected chi connectivity index (χ3v) is 6.19. The van der Waals surface area contributed by atoms with Crippen LogP contribution in [-0.2, 0) is 18.8 Å². The van der Waals surface area contributed by atoms with Gasteiger partial charge in [-0.25, -0.2) is 9.59 Å². The fourth-order valence-corrected chi connectivity index (χ4v) is 4.59. The minimum atomic E-state index is -4.50. The van der Waals surface area contributed by atoms with Crippen LogP contribution in [0, 0.1) is 11.8 Å². The fraction of sp³-hybridized carbons (Fsp3) is 0.800. The Balaban J connectivity index is 3.21. The maximum absolute atomic E-state index is 12.6. The van der Waals surface area contributed by atoms with Gasteiger partial charge in [0.05, 0.1) is 6.61 Å². The average Bonchev–Trinajstić information content (AvgIpc) is 2.60. The van der Waals surface area contributed by atoms with Crippen molar-refractivity contribution in [1.29, 1.82) is 0 Å². The van der Waals surface area contributed by atoms with Crippen molar-refractivity contribution in [2.75, 3.05) is 13.2 Å². The van der Waals surface area contributed by atoms with Gasteiger partial charge in [0.25, 0.3) is 0 Å². The molecule has 2 N–H and O–H groups in total. The number of hydrogen-bond donors (Lipinski definition) is 2. The molecule has 2 atom stereocenters. The number of nitrogens with zero attached hydrogens (tertiary/aromatic N) is 1. The van der Waals surface area contributed by atoms with Crippen LogP contribution in [0.3, 0.4) is 0 Å². The molecule has 2 unspecified atom stereocenters. The second-order valence-electron chi connectivity index (χ2n) is 8.38. The lowest BCUT2D eigenvalue weighted by molar-refractivity contribution is -0.151. The van der Waals surface area contributed by atoms with Crippen LogP contribution >= 0.6 is 7.60 Å². The number of allylic oxidation sites excluding steroid dienone is 2. The summed E-state index contributed by atoms with van der Waals surface area (Å²) in [6.45, 7) is 11.1. The van der Waals surface area contributed by atoms with E-state index in [-0.39, 0.29) is 30.8 Å². The van der Waals surface area contributed by atoms with E-state index >= 15 is 0 Å². The highest BCUT2D eigenvalue weighted by Crippen LogP contribution is 2.52. The summed E-state index contributed by atoms with van der Waals surface area (Å²) in [6.07, 6.45) is 2.99. The molecule has 1 rings (SSSR count). The molecular weight excluding hydrogens is 397 g/mol. The van der Waals surface area contributed by atoms with E-state index in [2.05, 4.69) is 0 Å². The standard InChI is InChI=1S/C20H36NO7P/c1-7-14(8-2)12-17(29(24,25)26)15-10-11-21(19(23)28-20(4,5)6)16(13-15)18(22)27-9-3/h12,14-16H,7-11,13H2,1-6H3,(H2,24,25,26)/b17-12+. The summed E-state index contributed by atoms with van der Waals surface area (Å²) in [4.78, 5) is 46.4. The van der Waals surface area contributed by atoms with Crippen molar-refractivity contribution < 1.29 is 33.4 Å². The molecule has 0 radical (unpaired) electrons. The molecule has 1 saturated heterocycles. The van der Waals surface area contributed by atoms with Crippen LogP contribution in [0.5, 0.6) is 0 Å². The molecule has 1 aliphatic rings. The number of amides is 1. The second kappa shape index (κ2) is 10.6. The number of piperidine rings is 1. The Kier molecular flexibility index (Phi) is 9.38. The molecule has 1 heterocycles. The Morgan fingerprint density at radius 3 is 2.24 bits per heavy atom. The zero-order valence-corrected chi connectivity index (χ0v) is 19.3. The monoisotopic (exact) mass is 433 g/mol. The molecule has 8 nitrogen and oxygen atoms in total. The highest BCUT2D eigenvalue weighted by Gasteiger charge is 2.42. The van der Waals surface area contributed by atoms with Gasteiger partial charge in [0.1, 0.15) is 11.6 Å². The van der Waals surface area contributed by atoms with Crippen molar-refractivity contribution in [3.63, 3.8) is 0 Å². The smallest absolute Gasteiger partial charge is 0.411 e. The highest BCUT2D eigenvalue weighted by atomic mass is 31.2. The van der Waals surface area contributed by atoms with E-state index < -0.39 is 37.2 Å². The molecular formula is C20H36NO7P. The Bertz CT molecular complexity index is 646. The lowest BCUT2D eigenvalue weighted by atomic mass is 9.88. The topological polar surface area (TPSA) is 113 Å². The van der Waals surface area contributed by atoms with Crippen molar-refractivity contribution >= 4 is 19.7 Å². The van der Waals surface area contributed by atoms with Gasteiger partial charge in [-0.05, 0) is 65.2 Å². The fourth-order valence-electron chi connectivity index (χ4n) is 3.47. The Morgan fingerprint density at radius 2 is 1.79 bits per heavy atom. The van der Waals surface area contributed by atoms with E-state index in [0.717, 1.165) is 12.8 Å². The number of carbonyl (C=O) groups is 2. The quantitative estimate of drug-likeness (QED) is 0.460. The Morgan fingerprint density at radius 1 is 1.21 bits per heavy atom. The van der Waals surface area contributed by atoms with Gasteiger partial charge < -0.3 is 19.3 Å². The predicted octanol–water partition coefficient (Wildman–Crippen LogP) is 4.06. The van der Waals surface area contributed by atoms with Gasteiger partial charge in [-0.2, -0.15) is 0 Å². The first-order valence-corrected chi connectivity index (χ1v) is 11.9. The molecule has 1 aliphatic heterocycles. The minimum absolute atomic E-state index is 0.0440. The summed E-state index contributed by atoms with van der Waals surface area (Å²) >= 11 is 0. The van der Waals surface area contributed by atoms with Crippen molar-refractivity contribution in [1.82, 2.24) is 4.90 Å². The molecule has 1 fully saturated rings. The summed E-state index contributed by atoms with van der Waals surface area (Å²) in [5.74, 6) is -1.05. The summed E-state index contributed by atoms with van der Waals surface area (Å²) in [5, 5.41) is 0.0596. The van der Waals surface area contributed by atoms with Crippen LogP contribution in [0.4, 0.5) is 4.79 Å². The van der Waals surface area contributed by atoms with Crippen LogP contribution in [0.2, 0.25) is 0 Å². The molecule has 0 aromatic carbocycles. The maximum Gasteiger partial charge on any atom is 0.411 e. The van der Waals surface area contributed by atoms with Crippen LogP contribution < -0.4 is 0 Å². The molecule has 0 spiro atoms. The maximum atomic E-state index is 12.6. The summed E-state index contributed by atoms with van der Waals surface area (Å²) in [5.41, 5.74) is -0.723. The molecule has 29 heavy (non-hydrogen) atoms. The van der Waals surface area contributed by atoms with Crippen LogP contribution in [-0.4, -0.2) is 51.5 Å². The minimum Gasteiger partial charge on any atom is -0.464 e. The molecule has 0 bridgehead atoms. The van der Waals surface area contributed by atoms with Gasteiger partial charge in [0, 0.05) is 11.9 Å². The van der Waals surface area contributed by atoms with Crippen molar-refractivity contribution in [3.05, 3.63) is 11.4 Å². The van der Waals surface area contributed by atoms with Crippen molar-refractivity contribution in [2.45, 2.75) is 78.9 Å². The zero-order valence-electron chi connectivity index (χ0n) is 18.4.